The fourth-order valence-corrected chi connectivity index (χ4v) is 7.04. The van der Waals surface area contributed by atoms with Gasteiger partial charge in [-0.15, -0.1) is 0 Å². The van der Waals surface area contributed by atoms with Gasteiger partial charge in [-0.05, 0) is 113 Å². The fourth-order valence-electron chi connectivity index (χ4n) is 6.80. The van der Waals surface area contributed by atoms with Gasteiger partial charge in [0.15, 0.2) is 5.82 Å². The lowest BCUT2D eigenvalue weighted by Crippen LogP contribution is -2.42. The summed E-state index contributed by atoms with van der Waals surface area (Å²) in [5.41, 5.74) is 9.99. The molecule has 1 saturated carbocycles. The van der Waals surface area contributed by atoms with E-state index in [4.69, 9.17) is 22.7 Å². The Balaban J connectivity index is 1.18. The topological polar surface area (TPSA) is 125 Å². The van der Waals surface area contributed by atoms with E-state index >= 15 is 4.39 Å². The Labute approximate surface area is 268 Å². The van der Waals surface area contributed by atoms with Crippen LogP contribution in [0.5, 0.6) is 0 Å². The molecule has 1 aliphatic heterocycles. The monoisotopic (exact) mass is 631 g/mol. The Morgan fingerprint density at radius 1 is 1.20 bits per heavy atom. The molecule has 0 amide bonds. The molecule has 0 unspecified atom stereocenters. The Morgan fingerprint density at radius 3 is 2.71 bits per heavy atom. The minimum absolute atomic E-state index is 0.0756. The van der Waals surface area contributed by atoms with Gasteiger partial charge in [0.05, 0.1) is 22.2 Å². The van der Waals surface area contributed by atoms with Crippen molar-refractivity contribution in [3.05, 3.63) is 81.1 Å². The van der Waals surface area contributed by atoms with Crippen molar-refractivity contribution < 1.29 is 4.39 Å². The van der Waals surface area contributed by atoms with Crippen LogP contribution in [0.1, 0.15) is 82.4 Å². The number of nitrogens with two attached hydrogens (primary N) is 1. The second kappa shape index (κ2) is 13.4. The van der Waals surface area contributed by atoms with Gasteiger partial charge in [-0.3, -0.25) is 9.98 Å². The minimum atomic E-state index is -0.499. The third-order valence-electron chi connectivity index (χ3n) is 9.27. The van der Waals surface area contributed by atoms with E-state index in [1.54, 1.807) is 19.2 Å². The second-order valence-corrected chi connectivity index (χ2v) is 13.5. The first kappa shape index (κ1) is 31.5. The quantitative estimate of drug-likeness (QED) is 0.0922. The Hall–Kier alpha value is -3.53. The lowest BCUT2D eigenvalue weighted by Gasteiger charge is -2.33. The van der Waals surface area contributed by atoms with Gasteiger partial charge in [-0.2, -0.15) is 4.98 Å². The molecule has 4 atom stereocenters. The zero-order chi connectivity index (χ0) is 31.7. The minimum Gasteiger partial charge on any atom is -0.372 e. The molecule has 4 aromatic rings. The number of halogens is 2. The number of amidine groups is 1. The molecule has 6 rings (SSSR count). The van der Waals surface area contributed by atoms with Gasteiger partial charge in [-0.25, -0.2) is 9.18 Å². The highest BCUT2D eigenvalue weighted by Gasteiger charge is 2.28. The summed E-state index contributed by atoms with van der Waals surface area (Å²) in [6, 6.07) is 14.5. The van der Waals surface area contributed by atoms with E-state index in [1.807, 2.05) is 24.3 Å². The summed E-state index contributed by atoms with van der Waals surface area (Å²) < 4.78 is 16.8. The number of aryl methyl sites for hydroxylation is 1. The van der Waals surface area contributed by atoms with Crippen LogP contribution in [0, 0.1) is 17.1 Å². The first-order valence-electron chi connectivity index (χ1n) is 16.2. The van der Waals surface area contributed by atoms with Crippen LogP contribution >= 0.6 is 11.6 Å². The molecule has 2 fully saturated rings. The smallest absolute Gasteiger partial charge is 0.354 e. The third kappa shape index (κ3) is 7.48. The molecule has 10 heteroatoms. The summed E-state index contributed by atoms with van der Waals surface area (Å²) in [6.07, 6.45) is 11.1. The summed E-state index contributed by atoms with van der Waals surface area (Å²) in [7, 11) is 0. The third-order valence-corrected chi connectivity index (χ3v) is 9.55. The Bertz CT molecular complexity index is 1730. The van der Waals surface area contributed by atoms with E-state index in [2.05, 4.69) is 39.7 Å². The molecule has 45 heavy (non-hydrogen) atoms. The van der Waals surface area contributed by atoms with Crippen molar-refractivity contribution in [2.45, 2.75) is 95.8 Å². The van der Waals surface area contributed by atoms with Crippen molar-refractivity contribution in [3.8, 4) is 16.9 Å². The highest BCUT2D eigenvalue weighted by atomic mass is 35.5. The number of rotatable bonds is 11. The van der Waals surface area contributed by atoms with Crippen molar-refractivity contribution in [2.75, 3.05) is 0 Å². The van der Waals surface area contributed by atoms with Crippen LogP contribution < -0.4 is 22.1 Å². The summed E-state index contributed by atoms with van der Waals surface area (Å²) in [5.74, 6) is 0.650. The largest absolute Gasteiger partial charge is 0.372 e. The van der Waals surface area contributed by atoms with Crippen molar-refractivity contribution in [1.82, 2.24) is 25.2 Å². The number of hydrogen-bond acceptors (Lipinski definition) is 5. The number of piperidine rings is 1. The van der Waals surface area contributed by atoms with Crippen LogP contribution in [0.15, 0.2) is 53.5 Å². The number of benzene rings is 2. The number of aromatic nitrogens is 3. The van der Waals surface area contributed by atoms with Crippen LogP contribution in [0.3, 0.4) is 0 Å². The van der Waals surface area contributed by atoms with Gasteiger partial charge >= 0.3 is 5.69 Å². The van der Waals surface area contributed by atoms with Crippen molar-refractivity contribution in [1.29, 1.82) is 5.41 Å². The molecule has 3 heterocycles. The number of nitrogens with zero attached hydrogens (tertiary/aromatic N) is 2. The summed E-state index contributed by atoms with van der Waals surface area (Å²) in [4.78, 5) is 20.5. The lowest BCUT2D eigenvalue weighted by atomic mass is 9.90. The standard InChI is InChI=1S/C35H43ClFN7O/c1-20(40-21(2)38)15-26-6-4-8-31(41-26)24-11-13-27(14-12-24)44-19-25-18-32(42-34(25)43-35(44)45)28-16-22(17-29(36)33(28)37)5-3-7-30(39)23-9-10-23/h11-14,16-20,23,26,30-31,41H,3-10,15,39H2,1-2H3,(H2,38,40)(H,42,43,45)/t20-,26+,30-,31+/m1/s1. The molecule has 1 saturated heterocycles. The predicted octanol–water partition coefficient (Wildman–Crippen LogP) is 6.78. The predicted molar refractivity (Wildman–Crippen MR) is 180 cm³/mol. The molecular formula is C35H43ClFN7O. The SMILES string of the molecule is CC(=N)N[C@H](C)C[C@@H]1CCC[C@@H](c2ccc(-n3cc4cc(-c5cc(CCC[C@@H](N)C6CC6)cc(Cl)c5F)[nH]c4nc3=O)cc2)N1. The van der Waals surface area contributed by atoms with E-state index in [0.717, 1.165) is 50.5 Å². The normalized spacial score (nSPS) is 19.8. The molecule has 6 N–H and O–H groups in total. The number of fused-ring (bicyclic) bond motifs is 1. The number of aromatic amines is 1. The zero-order valence-electron chi connectivity index (χ0n) is 26.0. The van der Waals surface area contributed by atoms with Crippen LogP contribution in [-0.4, -0.2) is 38.5 Å². The molecule has 238 valence electrons. The zero-order valence-corrected chi connectivity index (χ0v) is 26.8. The average Bonchev–Trinajstić information content (AvgIpc) is 3.78. The molecule has 1 aliphatic carbocycles. The molecule has 2 aliphatic rings. The average molecular weight is 632 g/mol. The van der Waals surface area contributed by atoms with Gasteiger partial charge in [0.2, 0.25) is 0 Å². The van der Waals surface area contributed by atoms with E-state index in [9.17, 15) is 4.79 Å². The maximum Gasteiger partial charge on any atom is 0.354 e. The maximum absolute atomic E-state index is 15.2. The van der Waals surface area contributed by atoms with Gasteiger partial charge in [0.25, 0.3) is 0 Å². The van der Waals surface area contributed by atoms with Crippen molar-refractivity contribution in [2.24, 2.45) is 11.7 Å². The van der Waals surface area contributed by atoms with Gasteiger partial charge in [0, 0.05) is 41.3 Å². The number of hydrogen-bond donors (Lipinski definition) is 5. The van der Waals surface area contributed by atoms with Crippen LogP contribution in [0.25, 0.3) is 28.0 Å². The van der Waals surface area contributed by atoms with Crippen LogP contribution in [0.2, 0.25) is 5.02 Å². The van der Waals surface area contributed by atoms with E-state index in [0.29, 0.717) is 45.8 Å². The second-order valence-electron chi connectivity index (χ2n) is 13.1. The molecule has 2 aromatic heterocycles. The summed E-state index contributed by atoms with van der Waals surface area (Å²) in [5, 5.41) is 15.4. The van der Waals surface area contributed by atoms with Gasteiger partial charge in [0.1, 0.15) is 5.65 Å². The first-order valence-corrected chi connectivity index (χ1v) is 16.6. The molecule has 2 aromatic carbocycles. The lowest BCUT2D eigenvalue weighted by molar-refractivity contribution is 0.297. The van der Waals surface area contributed by atoms with E-state index in [-0.39, 0.29) is 23.1 Å². The molecular weight excluding hydrogens is 589 g/mol. The Morgan fingerprint density at radius 2 is 1.98 bits per heavy atom. The van der Waals surface area contributed by atoms with Gasteiger partial charge in [-0.1, -0.05) is 30.2 Å². The van der Waals surface area contributed by atoms with Gasteiger partial charge < -0.3 is 21.4 Å². The highest BCUT2D eigenvalue weighted by Crippen LogP contribution is 2.35. The molecule has 0 radical (unpaired) electrons. The Kier molecular flexibility index (Phi) is 9.40. The maximum atomic E-state index is 15.2. The van der Waals surface area contributed by atoms with Crippen molar-refractivity contribution in [3.63, 3.8) is 0 Å². The fraction of sp³-hybridized carbons (Fsp3) is 0.457. The first-order chi connectivity index (χ1) is 21.6. The number of nitrogens with one attached hydrogen (secondary N) is 4. The van der Waals surface area contributed by atoms with E-state index in [1.165, 1.54) is 23.0 Å². The number of H-pyrrole nitrogens is 1. The molecule has 8 nitrogen and oxygen atoms in total. The van der Waals surface area contributed by atoms with Crippen molar-refractivity contribution >= 4 is 28.5 Å². The van der Waals surface area contributed by atoms with E-state index < -0.39 is 11.5 Å². The van der Waals surface area contributed by atoms with Crippen LogP contribution in [-0.2, 0) is 6.42 Å². The van der Waals surface area contributed by atoms with Crippen LogP contribution in [0.4, 0.5) is 4.39 Å². The molecule has 0 bridgehead atoms. The summed E-state index contributed by atoms with van der Waals surface area (Å²) >= 11 is 6.32. The highest BCUT2D eigenvalue weighted by molar-refractivity contribution is 6.31. The molecule has 0 spiro atoms. The summed E-state index contributed by atoms with van der Waals surface area (Å²) in [6.45, 7) is 3.89.